The Morgan fingerprint density at radius 1 is 0.615 bits per heavy atom. The van der Waals surface area contributed by atoms with Gasteiger partial charge < -0.3 is 0 Å². The van der Waals surface area contributed by atoms with E-state index in [9.17, 15) is 10.5 Å². The van der Waals surface area contributed by atoms with Gasteiger partial charge in [0.05, 0.1) is 44.9 Å². The number of halogens is 3. The Labute approximate surface area is 240 Å². The molecular weight excluding hydrogens is 551 g/mol. The molecule has 1 aromatic carbocycles. The molecule has 4 rings (SSSR count). The number of rotatable bonds is 6. The molecule has 186 valence electrons. The number of pyridine rings is 3. The number of aromatic nitrogens is 3. The van der Waals surface area contributed by atoms with Gasteiger partial charge in [-0.1, -0.05) is 34.8 Å². The van der Waals surface area contributed by atoms with Gasteiger partial charge in [-0.15, -0.1) is 0 Å². The van der Waals surface area contributed by atoms with Crippen LogP contribution in [0.25, 0.3) is 39.9 Å². The van der Waals surface area contributed by atoms with Crippen LogP contribution in [-0.2, 0) is 0 Å². The lowest BCUT2D eigenvalue weighted by atomic mass is 9.98. The van der Waals surface area contributed by atoms with Crippen LogP contribution in [0.2, 0.25) is 15.1 Å². The van der Waals surface area contributed by atoms with E-state index in [2.05, 4.69) is 31.9 Å². The van der Waals surface area contributed by atoms with Gasteiger partial charge in [0.15, 0.2) is 5.70 Å². The van der Waals surface area contributed by atoms with Gasteiger partial charge >= 0.3 is 0 Å². The third-order valence-corrected chi connectivity index (χ3v) is 5.94. The fourth-order valence-corrected chi connectivity index (χ4v) is 4.18. The van der Waals surface area contributed by atoms with Crippen LogP contribution in [0, 0.1) is 29.2 Å². The average Bonchev–Trinajstić information content (AvgIpc) is 2.93. The van der Waals surface area contributed by atoms with Crippen LogP contribution in [0.15, 0.2) is 73.6 Å². The van der Waals surface area contributed by atoms with Crippen molar-refractivity contribution in [3.8, 4) is 12.1 Å². The first kappa shape index (κ1) is 27.3. The Morgan fingerprint density at radius 3 is 1.38 bits per heavy atom. The number of benzene rings is 1. The molecule has 0 radical (unpaired) electrons. The van der Waals surface area contributed by atoms with Crippen molar-refractivity contribution in [3.05, 3.63) is 133 Å². The molecule has 6 nitrogen and oxygen atoms in total. The molecule has 39 heavy (non-hydrogen) atoms. The maximum Gasteiger partial charge on any atom is 0.196 e. The minimum absolute atomic E-state index is 0.320. The molecule has 0 aliphatic carbocycles. The zero-order valence-corrected chi connectivity index (χ0v) is 22.2. The summed E-state index contributed by atoms with van der Waals surface area (Å²) in [6.07, 6.45) is 14.2. The largest absolute Gasteiger partial charge is 0.264 e. The first-order valence-electron chi connectivity index (χ1n) is 11.2. The highest BCUT2D eigenvalue weighted by atomic mass is 35.5. The first-order valence-corrected chi connectivity index (χ1v) is 12.3. The van der Waals surface area contributed by atoms with Crippen molar-refractivity contribution < 1.29 is 0 Å². The van der Waals surface area contributed by atoms with Crippen LogP contribution in [0.3, 0.4) is 0 Å². The van der Waals surface area contributed by atoms with E-state index in [1.807, 2.05) is 18.2 Å². The highest BCUT2D eigenvalue weighted by Gasteiger charge is 2.09. The summed E-state index contributed by atoms with van der Waals surface area (Å²) in [5, 5.41) is 20.9. The Balaban J connectivity index is 1.90. The molecule has 0 unspecified atom stereocenters. The van der Waals surface area contributed by atoms with Crippen LogP contribution >= 0.6 is 34.8 Å². The lowest BCUT2D eigenvalue weighted by Crippen LogP contribution is -1.89. The van der Waals surface area contributed by atoms with Gasteiger partial charge in [0, 0.05) is 53.9 Å². The lowest BCUT2D eigenvalue weighted by molar-refractivity contribution is 1.31. The van der Waals surface area contributed by atoms with E-state index in [0.717, 1.165) is 0 Å². The molecule has 0 fully saturated rings. The molecule has 3 heterocycles. The molecular formula is C30H15Cl3N6. The summed E-state index contributed by atoms with van der Waals surface area (Å²) in [6, 6.07) is 14.8. The highest BCUT2D eigenvalue weighted by Crippen LogP contribution is 2.27. The maximum absolute atomic E-state index is 9.85. The molecule has 0 aliphatic heterocycles. The molecule has 0 aliphatic rings. The van der Waals surface area contributed by atoms with Crippen molar-refractivity contribution >= 4 is 69.9 Å². The second kappa shape index (κ2) is 12.7. The van der Waals surface area contributed by atoms with Crippen LogP contribution < -0.4 is 0 Å². The monoisotopic (exact) mass is 564 g/mol. The summed E-state index contributed by atoms with van der Waals surface area (Å²) < 4.78 is 0. The molecule has 0 N–H and O–H groups in total. The van der Waals surface area contributed by atoms with E-state index in [4.69, 9.17) is 41.4 Å². The van der Waals surface area contributed by atoms with Gasteiger partial charge in [0.2, 0.25) is 0 Å². The average molecular weight is 566 g/mol. The third kappa shape index (κ3) is 7.17. The molecule has 4 aromatic rings. The van der Waals surface area contributed by atoms with Gasteiger partial charge in [-0.2, -0.15) is 10.5 Å². The summed E-state index contributed by atoms with van der Waals surface area (Å²) in [5.74, 6) is 0. The summed E-state index contributed by atoms with van der Waals surface area (Å²) in [4.78, 5) is 15.9. The van der Waals surface area contributed by atoms with Gasteiger partial charge in [-0.3, -0.25) is 15.0 Å². The first-order chi connectivity index (χ1) is 18.9. The second-order valence-electron chi connectivity index (χ2n) is 8.09. The van der Waals surface area contributed by atoms with Crippen molar-refractivity contribution in [1.29, 1.82) is 10.5 Å². The molecule has 0 saturated carbocycles. The summed E-state index contributed by atoms with van der Waals surface area (Å²) in [7, 11) is 0. The van der Waals surface area contributed by atoms with E-state index in [1.54, 1.807) is 55.0 Å². The van der Waals surface area contributed by atoms with Crippen LogP contribution in [0.1, 0.15) is 33.4 Å². The number of allylic oxidation sites excluding steroid dienone is 2. The van der Waals surface area contributed by atoms with E-state index in [-0.39, 0.29) is 0 Å². The zero-order valence-electron chi connectivity index (χ0n) is 20.0. The smallest absolute Gasteiger partial charge is 0.196 e. The fraction of sp³-hybridized carbons (Fsp3) is 0. The third-order valence-electron chi connectivity index (χ3n) is 5.32. The predicted molar refractivity (Wildman–Crippen MR) is 156 cm³/mol. The molecule has 9 heteroatoms. The Kier molecular flexibility index (Phi) is 8.85. The Hall–Kier alpha value is -4.77. The van der Waals surface area contributed by atoms with Crippen LogP contribution in [0.5, 0.6) is 0 Å². The van der Waals surface area contributed by atoms with Crippen molar-refractivity contribution in [3.63, 3.8) is 0 Å². The molecule has 3 aromatic heterocycles. The topological polar surface area (TPSA) is 90.6 Å². The normalized spacial score (nSPS) is 11.8. The van der Waals surface area contributed by atoms with Crippen molar-refractivity contribution in [2.24, 2.45) is 0 Å². The van der Waals surface area contributed by atoms with E-state index in [0.29, 0.717) is 65.3 Å². The quantitative estimate of drug-likeness (QED) is 0.173. The SMILES string of the molecule is [C-]#[N+]/C(=C\c1cc(/C=C(\C#N)c2cncc(Cl)c2)cc(/C=C(\C#N)c2cncc(Cl)c2)c1)c1cncc(Cl)c1. The number of hydrogen-bond donors (Lipinski definition) is 0. The number of nitriles is 2. The van der Waals surface area contributed by atoms with Crippen molar-refractivity contribution in [2.75, 3.05) is 0 Å². The number of nitrogens with zero attached hydrogens (tertiary/aromatic N) is 6. The van der Waals surface area contributed by atoms with Gasteiger partial charge in [0.1, 0.15) is 0 Å². The molecule has 0 atom stereocenters. The Morgan fingerprint density at radius 2 is 1.00 bits per heavy atom. The summed E-state index contributed by atoms with van der Waals surface area (Å²) >= 11 is 18.3. The van der Waals surface area contributed by atoms with Crippen LogP contribution in [-0.4, -0.2) is 15.0 Å². The lowest BCUT2D eigenvalue weighted by Gasteiger charge is -2.07. The second-order valence-corrected chi connectivity index (χ2v) is 9.40. The van der Waals surface area contributed by atoms with Crippen LogP contribution in [0.4, 0.5) is 0 Å². The molecule has 0 amide bonds. The standard InChI is InChI=1S/C30H15Cl3N6/c1-36-30(26-10-29(33)18-39-15-26)7-21-3-19(5-22(11-34)24-8-27(31)16-37-13-24)2-20(4-21)6-23(12-35)25-9-28(32)17-38-14-25/h2-10,13-18H/b22-5+,23-6+,30-7-. The van der Waals surface area contributed by atoms with Crippen molar-refractivity contribution in [1.82, 2.24) is 15.0 Å². The molecule has 0 bridgehead atoms. The molecule has 0 saturated heterocycles. The minimum Gasteiger partial charge on any atom is -0.264 e. The predicted octanol–water partition coefficient (Wildman–Crippen LogP) is 8.38. The van der Waals surface area contributed by atoms with Gasteiger partial charge in [-0.25, -0.2) is 4.85 Å². The highest BCUT2D eigenvalue weighted by molar-refractivity contribution is 6.31. The molecule has 0 spiro atoms. The maximum atomic E-state index is 9.85. The van der Waals surface area contributed by atoms with Gasteiger partial charge in [0.25, 0.3) is 0 Å². The number of hydrogen-bond acceptors (Lipinski definition) is 5. The van der Waals surface area contributed by atoms with Gasteiger partial charge in [-0.05, 0) is 71.3 Å². The van der Waals surface area contributed by atoms with E-state index in [1.165, 1.54) is 18.6 Å². The van der Waals surface area contributed by atoms with E-state index >= 15 is 0 Å². The van der Waals surface area contributed by atoms with E-state index < -0.39 is 0 Å². The Bertz CT molecular complexity index is 1570. The van der Waals surface area contributed by atoms with Crippen molar-refractivity contribution in [2.45, 2.75) is 0 Å². The minimum atomic E-state index is 0.320. The summed E-state index contributed by atoms with van der Waals surface area (Å²) in [6.45, 7) is 7.71. The summed E-state index contributed by atoms with van der Waals surface area (Å²) in [5.41, 5.74) is 4.62. The zero-order chi connectivity index (χ0) is 27.8. The fourth-order valence-electron chi connectivity index (χ4n) is 3.65.